The lowest BCUT2D eigenvalue weighted by Gasteiger charge is -2.23. The Morgan fingerprint density at radius 3 is 2.39 bits per heavy atom. The van der Waals surface area contributed by atoms with Crippen molar-refractivity contribution in [1.82, 2.24) is 5.32 Å². The zero-order valence-electron chi connectivity index (χ0n) is 9.71. The number of hydrogen-bond acceptors (Lipinski definition) is 3. The third-order valence-electron chi connectivity index (χ3n) is 2.90. The zero-order valence-corrected chi connectivity index (χ0v) is 11.2. The van der Waals surface area contributed by atoms with E-state index < -0.39 is 0 Å². The van der Waals surface area contributed by atoms with Crippen LogP contribution >= 0.6 is 23.2 Å². The van der Waals surface area contributed by atoms with Crippen molar-refractivity contribution >= 4 is 34.8 Å². The maximum absolute atomic E-state index is 12.0. The molecule has 0 radical (unpaired) electrons. The first-order valence-corrected chi connectivity index (χ1v) is 6.46. The van der Waals surface area contributed by atoms with E-state index in [1.807, 2.05) is 0 Å². The van der Waals surface area contributed by atoms with E-state index in [0.717, 1.165) is 12.8 Å². The number of amides is 1. The van der Waals surface area contributed by atoms with Crippen LogP contribution in [0.3, 0.4) is 0 Å². The number of nitrogens with one attached hydrogen (secondary N) is 1. The minimum Gasteiger partial charge on any atom is -0.396 e. The van der Waals surface area contributed by atoms with Gasteiger partial charge >= 0.3 is 0 Å². The molecular formula is C12H14Cl2N2O2. The molecule has 1 aromatic carbocycles. The van der Waals surface area contributed by atoms with Gasteiger partial charge < -0.3 is 15.8 Å². The average Bonchev–Trinajstić information content (AvgIpc) is 2.36. The fraction of sp³-hybridized carbons (Fsp3) is 0.417. The van der Waals surface area contributed by atoms with Crippen molar-refractivity contribution in [1.29, 1.82) is 0 Å². The highest BCUT2D eigenvalue weighted by Crippen LogP contribution is 2.28. The molecule has 0 saturated carbocycles. The van der Waals surface area contributed by atoms with Crippen LogP contribution in [0.1, 0.15) is 23.2 Å². The van der Waals surface area contributed by atoms with Gasteiger partial charge in [0.1, 0.15) is 0 Å². The van der Waals surface area contributed by atoms with Gasteiger partial charge in [0.15, 0.2) is 0 Å². The first kappa shape index (κ1) is 13.5. The van der Waals surface area contributed by atoms with Crippen LogP contribution in [-0.2, 0) is 4.74 Å². The van der Waals surface area contributed by atoms with E-state index in [-0.39, 0.29) is 11.9 Å². The number of nitrogens with two attached hydrogens (primary N) is 1. The Hall–Kier alpha value is -0.970. The molecular weight excluding hydrogens is 275 g/mol. The minimum absolute atomic E-state index is 0.140. The summed E-state index contributed by atoms with van der Waals surface area (Å²) in [5.41, 5.74) is 6.34. The number of carbonyl (C=O) groups excluding carboxylic acids is 1. The largest absolute Gasteiger partial charge is 0.396 e. The third-order valence-corrected chi connectivity index (χ3v) is 3.52. The van der Waals surface area contributed by atoms with Crippen LogP contribution in [0, 0.1) is 0 Å². The predicted octanol–water partition coefficient (Wildman–Crippen LogP) is 2.48. The number of hydrogen-bond donors (Lipinski definition) is 2. The smallest absolute Gasteiger partial charge is 0.251 e. The van der Waals surface area contributed by atoms with Gasteiger partial charge in [0.25, 0.3) is 5.91 Å². The SMILES string of the molecule is Nc1c(Cl)cc(C(=O)NC2CCOCC2)cc1Cl. The topological polar surface area (TPSA) is 64.4 Å². The van der Waals surface area contributed by atoms with Gasteiger partial charge in [0, 0.05) is 24.8 Å². The number of anilines is 1. The summed E-state index contributed by atoms with van der Waals surface area (Å²) < 4.78 is 5.23. The molecule has 0 unspecified atom stereocenters. The van der Waals surface area contributed by atoms with Crippen molar-refractivity contribution in [3.63, 3.8) is 0 Å². The van der Waals surface area contributed by atoms with E-state index in [1.165, 1.54) is 12.1 Å². The fourth-order valence-electron chi connectivity index (χ4n) is 1.83. The maximum atomic E-state index is 12.0. The molecule has 18 heavy (non-hydrogen) atoms. The fourth-order valence-corrected chi connectivity index (χ4v) is 2.31. The van der Waals surface area contributed by atoms with Crippen molar-refractivity contribution < 1.29 is 9.53 Å². The highest BCUT2D eigenvalue weighted by molar-refractivity contribution is 6.39. The number of carbonyl (C=O) groups is 1. The second kappa shape index (κ2) is 5.78. The Balaban J connectivity index is 2.08. The molecule has 98 valence electrons. The summed E-state index contributed by atoms with van der Waals surface area (Å²) in [6.07, 6.45) is 1.64. The average molecular weight is 289 g/mol. The number of nitrogen functional groups attached to an aromatic ring is 1. The Bertz CT molecular complexity index is 436. The maximum Gasteiger partial charge on any atom is 0.251 e. The molecule has 1 aliphatic rings. The van der Waals surface area contributed by atoms with Crippen LogP contribution in [-0.4, -0.2) is 25.2 Å². The molecule has 0 atom stereocenters. The van der Waals surface area contributed by atoms with Gasteiger partial charge in [-0.15, -0.1) is 0 Å². The molecule has 1 aliphatic heterocycles. The van der Waals surface area contributed by atoms with E-state index in [0.29, 0.717) is 34.5 Å². The van der Waals surface area contributed by atoms with Crippen LogP contribution in [0.25, 0.3) is 0 Å². The van der Waals surface area contributed by atoms with Gasteiger partial charge in [0.05, 0.1) is 15.7 Å². The van der Waals surface area contributed by atoms with Crippen molar-refractivity contribution in [2.75, 3.05) is 18.9 Å². The second-order valence-electron chi connectivity index (χ2n) is 4.21. The van der Waals surface area contributed by atoms with Crippen molar-refractivity contribution in [3.8, 4) is 0 Å². The summed E-state index contributed by atoms with van der Waals surface area (Å²) in [7, 11) is 0. The molecule has 1 amide bonds. The second-order valence-corrected chi connectivity index (χ2v) is 5.03. The lowest BCUT2D eigenvalue weighted by Crippen LogP contribution is -2.38. The van der Waals surface area contributed by atoms with Gasteiger partial charge in [-0.05, 0) is 25.0 Å². The number of benzene rings is 1. The Morgan fingerprint density at radius 1 is 1.28 bits per heavy atom. The molecule has 1 fully saturated rings. The Morgan fingerprint density at radius 2 is 1.83 bits per heavy atom. The van der Waals surface area contributed by atoms with E-state index in [2.05, 4.69) is 5.32 Å². The highest BCUT2D eigenvalue weighted by Gasteiger charge is 2.18. The van der Waals surface area contributed by atoms with Crippen LogP contribution in [0.15, 0.2) is 12.1 Å². The van der Waals surface area contributed by atoms with Gasteiger partial charge in [-0.1, -0.05) is 23.2 Å². The summed E-state index contributed by atoms with van der Waals surface area (Å²) in [6, 6.07) is 3.19. The summed E-state index contributed by atoms with van der Waals surface area (Å²) in [5, 5.41) is 3.51. The van der Waals surface area contributed by atoms with Gasteiger partial charge in [0.2, 0.25) is 0 Å². The van der Waals surface area contributed by atoms with E-state index in [9.17, 15) is 4.79 Å². The van der Waals surface area contributed by atoms with Crippen LogP contribution in [0.2, 0.25) is 10.0 Å². The standard InChI is InChI=1S/C12H14Cl2N2O2/c13-9-5-7(6-10(14)11(9)15)12(17)16-8-1-3-18-4-2-8/h5-6,8H,1-4,15H2,(H,16,17). The van der Waals surface area contributed by atoms with Crippen molar-refractivity contribution in [2.24, 2.45) is 0 Å². The lowest BCUT2D eigenvalue weighted by atomic mass is 10.1. The third kappa shape index (κ3) is 3.07. The highest BCUT2D eigenvalue weighted by atomic mass is 35.5. The Kier molecular flexibility index (Phi) is 4.32. The molecule has 1 heterocycles. The number of halogens is 2. The van der Waals surface area contributed by atoms with Gasteiger partial charge in [-0.3, -0.25) is 4.79 Å². The monoisotopic (exact) mass is 288 g/mol. The molecule has 1 aromatic rings. The molecule has 0 bridgehead atoms. The molecule has 0 spiro atoms. The van der Waals surface area contributed by atoms with E-state index in [1.54, 1.807) is 0 Å². The van der Waals surface area contributed by atoms with Crippen LogP contribution < -0.4 is 11.1 Å². The van der Waals surface area contributed by atoms with Gasteiger partial charge in [-0.2, -0.15) is 0 Å². The molecule has 2 rings (SSSR count). The van der Waals surface area contributed by atoms with Crippen LogP contribution in [0.5, 0.6) is 0 Å². The summed E-state index contributed by atoms with van der Waals surface area (Å²) >= 11 is 11.8. The summed E-state index contributed by atoms with van der Waals surface area (Å²) in [5.74, 6) is -0.189. The van der Waals surface area contributed by atoms with E-state index in [4.69, 9.17) is 33.7 Å². The van der Waals surface area contributed by atoms with Crippen LogP contribution in [0.4, 0.5) is 5.69 Å². The van der Waals surface area contributed by atoms with Gasteiger partial charge in [-0.25, -0.2) is 0 Å². The zero-order chi connectivity index (χ0) is 13.1. The molecule has 6 heteroatoms. The van der Waals surface area contributed by atoms with Crippen molar-refractivity contribution in [3.05, 3.63) is 27.7 Å². The summed E-state index contributed by atoms with van der Waals surface area (Å²) in [4.78, 5) is 12.0. The first-order valence-electron chi connectivity index (χ1n) is 5.71. The van der Waals surface area contributed by atoms with E-state index >= 15 is 0 Å². The predicted molar refractivity (Wildman–Crippen MR) is 72.2 cm³/mol. The first-order chi connectivity index (χ1) is 8.58. The van der Waals surface area contributed by atoms with Crippen molar-refractivity contribution in [2.45, 2.75) is 18.9 Å². The quantitative estimate of drug-likeness (QED) is 0.822. The molecule has 0 aliphatic carbocycles. The molecule has 1 saturated heterocycles. The normalized spacial score (nSPS) is 16.6. The molecule has 3 N–H and O–H groups in total. The summed E-state index contributed by atoms with van der Waals surface area (Å²) in [6.45, 7) is 1.35. The molecule has 0 aromatic heterocycles. The molecule has 4 nitrogen and oxygen atoms in total. The minimum atomic E-state index is -0.189. The number of rotatable bonds is 2. The number of ether oxygens (including phenoxy) is 1. The Labute approximate surface area is 115 Å². The lowest BCUT2D eigenvalue weighted by molar-refractivity contribution is 0.0696.